The number of pyridine rings is 1. The van der Waals surface area contributed by atoms with Crippen LogP contribution in [0.2, 0.25) is 0 Å². The van der Waals surface area contributed by atoms with Gasteiger partial charge in [0.15, 0.2) is 5.82 Å². The molecule has 9 heteroatoms. The molecule has 1 aliphatic heterocycles. The summed E-state index contributed by atoms with van der Waals surface area (Å²) in [7, 11) is 0. The second kappa shape index (κ2) is 9.69. The molecule has 4 heterocycles. The minimum atomic E-state index is -0.361. The maximum atomic E-state index is 12.5. The fourth-order valence-corrected chi connectivity index (χ4v) is 3.91. The van der Waals surface area contributed by atoms with E-state index in [9.17, 15) is 4.79 Å². The van der Waals surface area contributed by atoms with E-state index in [2.05, 4.69) is 54.5 Å². The smallest absolute Gasteiger partial charge is 0.419 e. The first kappa shape index (κ1) is 21.0. The number of halogens is 1. The molecule has 4 rings (SSSR count). The van der Waals surface area contributed by atoms with Gasteiger partial charge in [-0.3, -0.25) is 4.90 Å². The standard InChI is InChI=1S/C21H25IN6O2/c1-2-3-13-30-21(29)28-15-16(17-5-4-8-23-20(17)28)14-26-9-11-27(12-10-26)19-7-6-18(22)24-25-19/h4-8,15H,2-3,9-14H2,1H3. The minimum absolute atomic E-state index is 0.361. The van der Waals surface area contributed by atoms with E-state index in [4.69, 9.17) is 4.74 Å². The van der Waals surface area contributed by atoms with Gasteiger partial charge in [-0.1, -0.05) is 13.3 Å². The van der Waals surface area contributed by atoms with Crippen LogP contribution in [0.5, 0.6) is 0 Å². The summed E-state index contributed by atoms with van der Waals surface area (Å²) in [5.74, 6) is 0.922. The molecule has 1 aliphatic rings. The van der Waals surface area contributed by atoms with E-state index >= 15 is 0 Å². The van der Waals surface area contributed by atoms with Gasteiger partial charge in [0.05, 0.1) is 6.61 Å². The van der Waals surface area contributed by atoms with Crippen molar-refractivity contribution in [3.8, 4) is 0 Å². The molecule has 3 aromatic heterocycles. The van der Waals surface area contributed by atoms with Gasteiger partial charge in [-0.15, -0.1) is 10.2 Å². The number of hydrogen-bond donors (Lipinski definition) is 0. The summed E-state index contributed by atoms with van der Waals surface area (Å²) in [6.45, 7) is 6.90. The van der Waals surface area contributed by atoms with Crippen molar-refractivity contribution in [3.63, 3.8) is 0 Å². The molecular weight excluding hydrogens is 495 g/mol. The molecule has 1 fully saturated rings. The molecule has 0 bridgehead atoms. The first-order chi connectivity index (χ1) is 14.7. The number of nitrogens with zero attached hydrogens (tertiary/aromatic N) is 6. The van der Waals surface area contributed by atoms with Crippen LogP contribution in [0, 0.1) is 3.70 Å². The summed E-state index contributed by atoms with van der Waals surface area (Å²) in [5, 5.41) is 9.44. The number of ether oxygens (including phenoxy) is 1. The number of hydrogen-bond acceptors (Lipinski definition) is 7. The Morgan fingerprint density at radius 3 is 2.73 bits per heavy atom. The van der Waals surface area contributed by atoms with Gasteiger partial charge in [0.2, 0.25) is 0 Å². The molecule has 0 aromatic carbocycles. The molecule has 0 spiro atoms. The van der Waals surface area contributed by atoms with Gasteiger partial charge >= 0.3 is 6.09 Å². The largest absolute Gasteiger partial charge is 0.449 e. The van der Waals surface area contributed by atoms with Crippen molar-refractivity contribution in [2.75, 3.05) is 37.7 Å². The number of piperazine rings is 1. The van der Waals surface area contributed by atoms with E-state index in [-0.39, 0.29) is 6.09 Å². The average Bonchev–Trinajstić information content (AvgIpc) is 3.14. The van der Waals surface area contributed by atoms with Gasteiger partial charge in [-0.05, 0) is 58.8 Å². The Morgan fingerprint density at radius 1 is 1.17 bits per heavy atom. The number of anilines is 1. The van der Waals surface area contributed by atoms with E-state index in [0.717, 1.165) is 66.0 Å². The summed E-state index contributed by atoms with van der Waals surface area (Å²) < 4.78 is 7.84. The lowest BCUT2D eigenvalue weighted by molar-refractivity contribution is 0.147. The van der Waals surface area contributed by atoms with Crippen LogP contribution in [0.15, 0.2) is 36.7 Å². The predicted octanol–water partition coefficient (Wildman–Crippen LogP) is 3.54. The van der Waals surface area contributed by atoms with Crippen molar-refractivity contribution in [3.05, 3.63) is 45.9 Å². The van der Waals surface area contributed by atoms with Crippen molar-refractivity contribution < 1.29 is 9.53 Å². The maximum Gasteiger partial charge on any atom is 0.419 e. The Morgan fingerprint density at radius 2 is 2.00 bits per heavy atom. The van der Waals surface area contributed by atoms with Crippen LogP contribution in [0.4, 0.5) is 10.6 Å². The van der Waals surface area contributed by atoms with Crippen LogP contribution in [-0.2, 0) is 11.3 Å². The highest BCUT2D eigenvalue weighted by molar-refractivity contribution is 14.1. The van der Waals surface area contributed by atoms with Gasteiger partial charge in [0.1, 0.15) is 9.35 Å². The van der Waals surface area contributed by atoms with Crippen LogP contribution >= 0.6 is 22.6 Å². The van der Waals surface area contributed by atoms with Crippen molar-refractivity contribution in [1.29, 1.82) is 0 Å². The molecule has 158 valence electrons. The molecule has 3 aromatic rings. The second-order valence-electron chi connectivity index (χ2n) is 7.34. The molecule has 0 aliphatic carbocycles. The Bertz CT molecular complexity index is 998. The van der Waals surface area contributed by atoms with Gasteiger partial charge in [0.25, 0.3) is 0 Å². The predicted molar refractivity (Wildman–Crippen MR) is 124 cm³/mol. The molecule has 0 N–H and O–H groups in total. The summed E-state index contributed by atoms with van der Waals surface area (Å²) in [5.41, 5.74) is 1.75. The van der Waals surface area contributed by atoms with E-state index in [1.165, 1.54) is 4.57 Å². The first-order valence-corrected chi connectivity index (χ1v) is 11.3. The maximum absolute atomic E-state index is 12.5. The van der Waals surface area contributed by atoms with Crippen molar-refractivity contribution in [2.45, 2.75) is 26.3 Å². The zero-order valence-electron chi connectivity index (χ0n) is 17.0. The molecular formula is C21H25IN6O2. The highest BCUT2D eigenvalue weighted by atomic mass is 127. The van der Waals surface area contributed by atoms with Gasteiger partial charge in [-0.25, -0.2) is 14.3 Å². The molecule has 1 saturated heterocycles. The van der Waals surface area contributed by atoms with Crippen molar-refractivity contribution in [2.24, 2.45) is 0 Å². The topological polar surface area (TPSA) is 76.4 Å². The van der Waals surface area contributed by atoms with E-state index < -0.39 is 0 Å². The lowest BCUT2D eigenvalue weighted by Crippen LogP contribution is -2.46. The highest BCUT2D eigenvalue weighted by Gasteiger charge is 2.21. The summed E-state index contributed by atoms with van der Waals surface area (Å²) in [4.78, 5) is 21.6. The number of carbonyl (C=O) groups is 1. The normalized spacial score (nSPS) is 14.9. The van der Waals surface area contributed by atoms with Crippen LogP contribution in [0.3, 0.4) is 0 Å². The Labute approximate surface area is 189 Å². The first-order valence-electron chi connectivity index (χ1n) is 10.2. The van der Waals surface area contributed by atoms with Crippen LogP contribution < -0.4 is 4.90 Å². The van der Waals surface area contributed by atoms with Crippen LogP contribution in [0.25, 0.3) is 11.0 Å². The molecule has 0 saturated carbocycles. The van der Waals surface area contributed by atoms with Crippen LogP contribution in [-0.4, -0.2) is 63.5 Å². The second-order valence-corrected chi connectivity index (χ2v) is 8.45. The Hall–Kier alpha value is -2.27. The van der Waals surface area contributed by atoms with Crippen molar-refractivity contribution >= 4 is 45.5 Å². The summed E-state index contributed by atoms with van der Waals surface area (Å²) in [6.07, 6.45) is 5.08. The van der Waals surface area contributed by atoms with Gasteiger partial charge in [-0.2, -0.15) is 0 Å². The molecule has 0 atom stereocenters. The summed E-state index contributed by atoms with van der Waals surface area (Å²) in [6, 6.07) is 7.93. The third-order valence-electron chi connectivity index (χ3n) is 5.27. The van der Waals surface area contributed by atoms with Gasteiger partial charge < -0.3 is 9.64 Å². The molecule has 30 heavy (non-hydrogen) atoms. The monoisotopic (exact) mass is 520 g/mol. The van der Waals surface area contributed by atoms with E-state index in [1.54, 1.807) is 6.20 Å². The average molecular weight is 520 g/mol. The molecule has 8 nitrogen and oxygen atoms in total. The SMILES string of the molecule is CCCCOC(=O)n1cc(CN2CCN(c3ccc(I)nn3)CC2)c2cccnc21. The van der Waals surface area contributed by atoms with Gasteiger partial charge in [0, 0.05) is 50.5 Å². The van der Waals surface area contributed by atoms with E-state index in [1.807, 2.05) is 30.5 Å². The lowest BCUT2D eigenvalue weighted by atomic mass is 10.2. The number of carbonyl (C=O) groups excluding carboxylic acids is 1. The third kappa shape index (κ3) is 4.72. The molecule has 0 amide bonds. The molecule has 0 unspecified atom stereocenters. The number of unbranched alkanes of at least 4 members (excludes halogenated alkanes) is 1. The number of rotatable bonds is 6. The fraction of sp³-hybridized carbons (Fsp3) is 0.429. The number of aromatic nitrogens is 4. The third-order valence-corrected chi connectivity index (χ3v) is 5.85. The van der Waals surface area contributed by atoms with E-state index in [0.29, 0.717) is 12.3 Å². The lowest BCUT2D eigenvalue weighted by Gasteiger charge is -2.35. The minimum Gasteiger partial charge on any atom is -0.449 e. The number of fused-ring (bicyclic) bond motifs is 1. The Kier molecular flexibility index (Phi) is 6.78. The highest BCUT2D eigenvalue weighted by Crippen LogP contribution is 2.22. The molecule has 0 radical (unpaired) electrons. The zero-order valence-corrected chi connectivity index (χ0v) is 19.2. The quantitative estimate of drug-likeness (QED) is 0.364. The van der Waals surface area contributed by atoms with Crippen LogP contribution in [0.1, 0.15) is 25.3 Å². The Balaban J connectivity index is 1.44. The summed E-state index contributed by atoms with van der Waals surface area (Å²) >= 11 is 2.17. The van der Waals surface area contributed by atoms with Crippen molar-refractivity contribution in [1.82, 2.24) is 24.6 Å². The fourth-order valence-electron chi connectivity index (χ4n) is 3.62. The zero-order chi connectivity index (χ0) is 20.9.